The third kappa shape index (κ3) is 5.56. The minimum Gasteiger partial charge on any atom is -0.271 e. The van der Waals surface area contributed by atoms with Gasteiger partial charge in [-0.05, 0) is 54.6 Å². The third-order valence-electron chi connectivity index (χ3n) is 3.86. The number of sulfonamides is 1. The van der Waals surface area contributed by atoms with Crippen LogP contribution in [0.5, 0.6) is 0 Å². The number of rotatable bonds is 7. The van der Waals surface area contributed by atoms with Crippen molar-refractivity contribution in [2.24, 2.45) is 5.10 Å². The second-order valence-corrected chi connectivity index (χ2v) is 8.73. The summed E-state index contributed by atoms with van der Waals surface area (Å²) >= 11 is 11.9. The highest BCUT2D eigenvalue weighted by Crippen LogP contribution is 2.26. The van der Waals surface area contributed by atoms with Gasteiger partial charge in [-0.1, -0.05) is 35.3 Å². The molecule has 0 saturated carbocycles. The Morgan fingerprint density at radius 2 is 1.80 bits per heavy atom. The molecule has 7 nitrogen and oxygen atoms in total. The van der Waals surface area contributed by atoms with Crippen molar-refractivity contribution in [2.75, 3.05) is 10.8 Å². The normalized spacial score (nSPS) is 11.4. The molecule has 10 heteroatoms. The monoisotopic (exact) mass is 462 g/mol. The first-order chi connectivity index (χ1) is 14.4. The number of carbonyl (C=O) groups excluding carboxylic acids is 1. The second-order valence-electron chi connectivity index (χ2n) is 5.99. The summed E-state index contributed by atoms with van der Waals surface area (Å²) in [5, 5.41) is 4.54. The maximum absolute atomic E-state index is 13.2. The molecule has 2 aromatic carbocycles. The van der Waals surface area contributed by atoms with Gasteiger partial charge in [0.05, 0.1) is 22.5 Å². The number of nitrogens with one attached hydrogen (secondary N) is 1. The Kier molecular flexibility index (Phi) is 7.04. The van der Waals surface area contributed by atoms with Crippen molar-refractivity contribution < 1.29 is 13.2 Å². The molecule has 0 aliphatic carbocycles. The minimum absolute atomic E-state index is 0.0170. The van der Waals surface area contributed by atoms with Crippen molar-refractivity contribution in [3.63, 3.8) is 0 Å². The number of hydrazone groups is 1. The average Bonchev–Trinajstić information content (AvgIpc) is 2.73. The van der Waals surface area contributed by atoms with Crippen LogP contribution in [-0.2, 0) is 14.8 Å². The van der Waals surface area contributed by atoms with Crippen molar-refractivity contribution in [1.29, 1.82) is 0 Å². The van der Waals surface area contributed by atoms with Gasteiger partial charge in [-0.15, -0.1) is 0 Å². The molecule has 1 heterocycles. The van der Waals surface area contributed by atoms with Crippen LogP contribution in [-0.4, -0.2) is 32.1 Å². The third-order valence-corrected chi connectivity index (χ3v) is 6.13. The molecule has 3 aromatic rings. The van der Waals surface area contributed by atoms with Crippen LogP contribution in [0.15, 0.2) is 82.9 Å². The van der Waals surface area contributed by atoms with E-state index in [9.17, 15) is 13.2 Å². The number of carbonyl (C=O) groups is 1. The minimum atomic E-state index is -4.07. The number of hydrogen-bond acceptors (Lipinski definition) is 5. The highest BCUT2D eigenvalue weighted by Gasteiger charge is 2.27. The van der Waals surface area contributed by atoms with Gasteiger partial charge in [-0.2, -0.15) is 5.10 Å². The molecular weight excluding hydrogens is 447 g/mol. The van der Waals surface area contributed by atoms with E-state index in [2.05, 4.69) is 15.5 Å². The van der Waals surface area contributed by atoms with E-state index in [1.54, 1.807) is 42.6 Å². The van der Waals surface area contributed by atoms with Crippen molar-refractivity contribution in [3.05, 3.63) is 88.7 Å². The number of aromatic nitrogens is 1. The van der Waals surface area contributed by atoms with Crippen molar-refractivity contribution in [2.45, 2.75) is 4.90 Å². The van der Waals surface area contributed by atoms with E-state index < -0.39 is 22.5 Å². The average molecular weight is 463 g/mol. The topological polar surface area (TPSA) is 91.7 Å². The van der Waals surface area contributed by atoms with Crippen LogP contribution < -0.4 is 9.73 Å². The lowest BCUT2D eigenvalue weighted by molar-refractivity contribution is -0.119. The van der Waals surface area contributed by atoms with Crippen LogP contribution in [0.1, 0.15) is 5.69 Å². The molecule has 1 amide bonds. The molecule has 0 spiro atoms. The van der Waals surface area contributed by atoms with Crippen LogP contribution in [0.3, 0.4) is 0 Å². The molecule has 1 N–H and O–H groups in total. The fourth-order valence-corrected chi connectivity index (χ4v) is 4.19. The first-order valence-corrected chi connectivity index (χ1v) is 10.8. The zero-order chi connectivity index (χ0) is 21.6. The van der Waals surface area contributed by atoms with Crippen LogP contribution in [0.2, 0.25) is 10.0 Å². The highest BCUT2D eigenvalue weighted by atomic mass is 35.5. The number of amides is 1. The van der Waals surface area contributed by atoms with Crippen LogP contribution in [0.25, 0.3) is 0 Å². The van der Waals surface area contributed by atoms with Gasteiger partial charge in [-0.3, -0.25) is 14.1 Å². The summed E-state index contributed by atoms with van der Waals surface area (Å²) in [6.45, 7) is -0.509. The molecule has 0 radical (unpaired) electrons. The van der Waals surface area contributed by atoms with Gasteiger partial charge in [0, 0.05) is 16.2 Å². The lowest BCUT2D eigenvalue weighted by Crippen LogP contribution is -2.39. The lowest BCUT2D eigenvalue weighted by atomic mass is 10.3. The number of nitrogens with zero attached hydrogens (tertiary/aromatic N) is 3. The number of pyridine rings is 1. The number of anilines is 1. The molecule has 0 saturated heterocycles. The Morgan fingerprint density at radius 3 is 2.47 bits per heavy atom. The van der Waals surface area contributed by atoms with Crippen molar-refractivity contribution >= 4 is 51.0 Å². The van der Waals surface area contributed by atoms with Crippen molar-refractivity contribution in [1.82, 2.24) is 10.4 Å². The van der Waals surface area contributed by atoms with Crippen LogP contribution in [0, 0.1) is 0 Å². The summed E-state index contributed by atoms with van der Waals surface area (Å²) in [5.74, 6) is -0.639. The first-order valence-electron chi connectivity index (χ1n) is 8.63. The predicted molar refractivity (Wildman–Crippen MR) is 117 cm³/mol. The van der Waals surface area contributed by atoms with Gasteiger partial charge >= 0.3 is 0 Å². The van der Waals surface area contributed by atoms with E-state index in [1.165, 1.54) is 36.5 Å². The van der Waals surface area contributed by atoms with Gasteiger partial charge in [0.1, 0.15) is 6.54 Å². The Morgan fingerprint density at radius 1 is 1.03 bits per heavy atom. The molecule has 0 bridgehead atoms. The number of halogens is 2. The molecular formula is C20H16Cl2N4O3S. The van der Waals surface area contributed by atoms with E-state index in [-0.39, 0.29) is 10.6 Å². The van der Waals surface area contributed by atoms with Crippen LogP contribution in [0.4, 0.5) is 5.69 Å². The van der Waals surface area contributed by atoms with Gasteiger partial charge < -0.3 is 0 Å². The SMILES string of the molecule is O=C(CN(c1cccc(Cl)c1)S(=O)(=O)c1ccc(Cl)cc1)N/N=C\c1ccccn1. The summed E-state index contributed by atoms with van der Waals surface area (Å²) in [6.07, 6.45) is 2.94. The van der Waals surface area contributed by atoms with Gasteiger partial charge in [0.15, 0.2) is 0 Å². The predicted octanol–water partition coefficient (Wildman–Crippen LogP) is 3.73. The van der Waals surface area contributed by atoms with Crippen molar-refractivity contribution in [3.8, 4) is 0 Å². The van der Waals surface area contributed by atoms with E-state index in [0.717, 1.165) is 4.31 Å². The fourth-order valence-electron chi connectivity index (χ4n) is 2.47. The molecule has 0 unspecified atom stereocenters. The molecule has 1 aromatic heterocycles. The van der Waals surface area contributed by atoms with E-state index >= 15 is 0 Å². The summed E-state index contributed by atoms with van der Waals surface area (Å²) < 4.78 is 27.3. The summed E-state index contributed by atoms with van der Waals surface area (Å²) in [6, 6.07) is 17.1. The molecule has 3 rings (SSSR count). The highest BCUT2D eigenvalue weighted by molar-refractivity contribution is 7.92. The zero-order valence-corrected chi connectivity index (χ0v) is 17.8. The molecule has 154 valence electrons. The Labute approximate surface area is 184 Å². The van der Waals surface area contributed by atoms with E-state index in [1.807, 2.05) is 0 Å². The summed E-state index contributed by atoms with van der Waals surface area (Å²) in [5.41, 5.74) is 3.09. The maximum Gasteiger partial charge on any atom is 0.264 e. The quantitative estimate of drug-likeness (QED) is 0.427. The summed E-state index contributed by atoms with van der Waals surface area (Å²) in [7, 11) is -4.07. The number of hydrogen-bond donors (Lipinski definition) is 1. The number of benzene rings is 2. The molecule has 0 atom stereocenters. The zero-order valence-electron chi connectivity index (χ0n) is 15.4. The molecule has 0 aliphatic heterocycles. The smallest absolute Gasteiger partial charge is 0.264 e. The first kappa shape index (κ1) is 21.8. The molecule has 0 aliphatic rings. The molecule has 30 heavy (non-hydrogen) atoms. The second kappa shape index (κ2) is 9.71. The fraction of sp³-hybridized carbons (Fsp3) is 0.0500. The Hall–Kier alpha value is -2.94. The lowest BCUT2D eigenvalue weighted by Gasteiger charge is -2.23. The standard InChI is InChI=1S/C20H16Cl2N4O3S/c21-15-7-9-19(10-8-15)30(28,29)26(18-6-3-4-16(22)12-18)14-20(27)25-24-13-17-5-1-2-11-23-17/h1-13H,14H2,(H,25,27)/b24-13-. The largest absolute Gasteiger partial charge is 0.271 e. The summed E-state index contributed by atoms with van der Waals surface area (Å²) in [4.78, 5) is 16.5. The van der Waals surface area contributed by atoms with E-state index in [0.29, 0.717) is 15.7 Å². The van der Waals surface area contributed by atoms with Gasteiger partial charge in [-0.25, -0.2) is 13.8 Å². The van der Waals surface area contributed by atoms with Gasteiger partial charge in [0.25, 0.3) is 15.9 Å². The van der Waals surface area contributed by atoms with E-state index in [4.69, 9.17) is 23.2 Å². The maximum atomic E-state index is 13.2. The van der Waals surface area contributed by atoms with Crippen LogP contribution >= 0.6 is 23.2 Å². The van der Waals surface area contributed by atoms with Gasteiger partial charge in [0.2, 0.25) is 0 Å². The Balaban J connectivity index is 1.85. The Bertz CT molecular complexity index is 1150. The molecule has 0 fully saturated rings.